The highest BCUT2D eigenvalue weighted by molar-refractivity contribution is 7.15. The number of nitrogens with two attached hydrogens (primary N) is 1. The molecule has 2 rings (SSSR count). The quantitative estimate of drug-likeness (QED) is 0.886. The van der Waals surface area contributed by atoms with Crippen LogP contribution < -0.4 is 5.73 Å². The highest BCUT2D eigenvalue weighted by atomic mass is 32.1. The number of aromatic nitrogens is 3. The lowest BCUT2D eigenvalue weighted by Gasteiger charge is -2.16. The Labute approximate surface area is 105 Å². The fraction of sp³-hybridized carbons (Fsp3) is 0.417. The number of rotatable bonds is 2. The van der Waals surface area contributed by atoms with E-state index in [2.05, 4.69) is 35.7 Å². The van der Waals surface area contributed by atoms with Crippen molar-refractivity contribution in [2.24, 2.45) is 5.73 Å². The van der Waals surface area contributed by atoms with Crippen LogP contribution in [-0.2, 0) is 12.0 Å². The van der Waals surface area contributed by atoms with Crippen molar-refractivity contribution in [2.45, 2.75) is 32.7 Å². The van der Waals surface area contributed by atoms with Crippen molar-refractivity contribution >= 4 is 11.3 Å². The lowest BCUT2D eigenvalue weighted by Crippen LogP contribution is -2.15. The van der Waals surface area contributed by atoms with Crippen molar-refractivity contribution < 1.29 is 0 Å². The van der Waals surface area contributed by atoms with Crippen LogP contribution in [0.4, 0.5) is 0 Å². The van der Waals surface area contributed by atoms with E-state index in [0.29, 0.717) is 6.54 Å². The third-order valence-electron chi connectivity index (χ3n) is 2.39. The zero-order chi connectivity index (χ0) is 12.5. The van der Waals surface area contributed by atoms with Gasteiger partial charge in [0.1, 0.15) is 17.0 Å². The standard InChI is InChI=1S/C12H16N4S/c1-12(2,3)10-9(6-13)17-11(16-10)8-4-5-14-7-15-8/h4-5,7H,6,13H2,1-3H3. The van der Waals surface area contributed by atoms with Gasteiger partial charge in [0, 0.05) is 23.0 Å². The molecular weight excluding hydrogens is 232 g/mol. The molecule has 2 aromatic rings. The van der Waals surface area contributed by atoms with Gasteiger partial charge in [0.05, 0.1) is 5.69 Å². The fourth-order valence-corrected chi connectivity index (χ4v) is 2.73. The summed E-state index contributed by atoms with van der Waals surface area (Å²) < 4.78 is 0. The van der Waals surface area contributed by atoms with Gasteiger partial charge in [-0.15, -0.1) is 11.3 Å². The van der Waals surface area contributed by atoms with Crippen LogP contribution in [0.2, 0.25) is 0 Å². The highest BCUT2D eigenvalue weighted by Crippen LogP contribution is 2.33. The molecule has 0 saturated heterocycles. The van der Waals surface area contributed by atoms with Crippen LogP contribution in [0, 0.1) is 0 Å². The zero-order valence-corrected chi connectivity index (χ0v) is 11.1. The monoisotopic (exact) mass is 248 g/mol. The third kappa shape index (κ3) is 2.50. The van der Waals surface area contributed by atoms with E-state index < -0.39 is 0 Å². The normalized spacial score (nSPS) is 11.8. The number of hydrogen-bond donors (Lipinski definition) is 1. The molecule has 2 heterocycles. The Morgan fingerprint density at radius 3 is 2.59 bits per heavy atom. The molecule has 0 radical (unpaired) electrons. The van der Waals surface area contributed by atoms with Gasteiger partial charge in [-0.3, -0.25) is 0 Å². The van der Waals surface area contributed by atoms with Crippen LogP contribution in [0.5, 0.6) is 0 Å². The van der Waals surface area contributed by atoms with Gasteiger partial charge in [-0.1, -0.05) is 20.8 Å². The van der Waals surface area contributed by atoms with Crippen LogP contribution in [0.15, 0.2) is 18.6 Å². The van der Waals surface area contributed by atoms with Gasteiger partial charge >= 0.3 is 0 Å². The largest absolute Gasteiger partial charge is 0.326 e. The fourth-order valence-electron chi connectivity index (χ4n) is 1.60. The maximum atomic E-state index is 5.78. The summed E-state index contributed by atoms with van der Waals surface area (Å²) in [5, 5.41) is 0.915. The maximum Gasteiger partial charge on any atom is 0.142 e. The molecule has 0 aliphatic heterocycles. The minimum absolute atomic E-state index is 0.0104. The molecule has 2 N–H and O–H groups in total. The van der Waals surface area contributed by atoms with E-state index in [4.69, 9.17) is 5.73 Å². The smallest absolute Gasteiger partial charge is 0.142 e. The maximum absolute atomic E-state index is 5.78. The van der Waals surface area contributed by atoms with Crippen molar-refractivity contribution in [1.29, 1.82) is 0 Å². The van der Waals surface area contributed by atoms with Gasteiger partial charge in [-0.2, -0.15) is 0 Å². The van der Waals surface area contributed by atoms with E-state index in [9.17, 15) is 0 Å². The molecule has 4 nitrogen and oxygen atoms in total. The molecule has 0 amide bonds. The lowest BCUT2D eigenvalue weighted by atomic mass is 9.91. The average Bonchev–Trinajstić information content (AvgIpc) is 2.74. The van der Waals surface area contributed by atoms with Crippen molar-refractivity contribution in [3.05, 3.63) is 29.2 Å². The lowest BCUT2D eigenvalue weighted by molar-refractivity contribution is 0.567. The van der Waals surface area contributed by atoms with Crippen molar-refractivity contribution in [2.75, 3.05) is 0 Å². The first kappa shape index (κ1) is 12.1. The van der Waals surface area contributed by atoms with Gasteiger partial charge in [-0.25, -0.2) is 15.0 Å². The average molecular weight is 248 g/mol. The Morgan fingerprint density at radius 2 is 2.12 bits per heavy atom. The number of nitrogens with zero attached hydrogens (tertiary/aromatic N) is 3. The molecule has 17 heavy (non-hydrogen) atoms. The summed E-state index contributed by atoms with van der Waals surface area (Å²) in [4.78, 5) is 13.9. The summed E-state index contributed by atoms with van der Waals surface area (Å²) in [6.07, 6.45) is 3.26. The second-order valence-corrected chi connectivity index (χ2v) is 5.92. The van der Waals surface area contributed by atoms with Gasteiger partial charge in [0.2, 0.25) is 0 Å². The SMILES string of the molecule is CC(C)(C)c1nc(-c2ccncn2)sc1CN. The van der Waals surface area contributed by atoms with Crippen molar-refractivity contribution in [3.63, 3.8) is 0 Å². The van der Waals surface area contributed by atoms with E-state index in [-0.39, 0.29) is 5.41 Å². The predicted octanol–water partition coefficient (Wildman–Crippen LogP) is 2.36. The molecule has 5 heteroatoms. The molecular formula is C12H16N4S. The second kappa shape index (κ2) is 4.50. The number of hydrogen-bond acceptors (Lipinski definition) is 5. The molecule has 0 unspecified atom stereocenters. The first-order chi connectivity index (χ1) is 8.02. The van der Waals surface area contributed by atoms with Gasteiger partial charge < -0.3 is 5.73 Å². The Hall–Kier alpha value is -1.33. The molecule has 0 aliphatic rings. The topological polar surface area (TPSA) is 64.7 Å². The Morgan fingerprint density at radius 1 is 1.35 bits per heavy atom. The summed E-state index contributed by atoms with van der Waals surface area (Å²) >= 11 is 1.61. The molecule has 0 aromatic carbocycles. The summed E-state index contributed by atoms with van der Waals surface area (Å²) in [7, 11) is 0. The molecule has 0 fully saturated rings. The van der Waals surface area contributed by atoms with Crippen LogP contribution >= 0.6 is 11.3 Å². The minimum atomic E-state index is 0.0104. The molecule has 0 spiro atoms. The summed E-state index contributed by atoms with van der Waals surface area (Å²) in [5.41, 5.74) is 7.71. The zero-order valence-electron chi connectivity index (χ0n) is 10.3. The predicted molar refractivity (Wildman–Crippen MR) is 69.7 cm³/mol. The minimum Gasteiger partial charge on any atom is -0.326 e. The first-order valence-corrected chi connectivity index (χ1v) is 6.30. The Balaban J connectivity index is 2.49. The van der Waals surface area contributed by atoms with Crippen LogP contribution in [0.25, 0.3) is 10.7 Å². The van der Waals surface area contributed by atoms with E-state index in [1.807, 2.05) is 6.07 Å². The van der Waals surface area contributed by atoms with Crippen molar-refractivity contribution in [1.82, 2.24) is 15.0 Å². The van der Waals surface area contributed by atoms with Crippen molar-refractivity contribution in [3.8, 4) is 10.7 Å². The molecule has 0 atom stereocenters. The molecule has 0 saturated carbocycles. The Kier molecular flexibility index (Phi) is 3.22. The van der Waals surface area contributed by atoms with E-state index in [1.54, 1.807) is 17.5 Å². The van der Waals surface area contributed by atoms with E-state index in [0.717, 1.165) is 21.3 Å². The highest BCUT2D eigenvalue weighted by Gasteiger charge is 2.23. The van der Waals surface area contributed by atoms with Crippen LogP contribution in [0.3, 0.4) is 0 Å². The summed E-state index contributed by atoms with van der Waals surface area (Å²) in [6.45, 7) is 6.95. The first-order valence-electron chi connectivity index (χ1n) is 5.49. The molecule has 0 aliphatic carbocycles. The van der Waals surface area contributed by atoms with E-state index >= 15 is 0 Å². The molecule has 90 valence electrons. The van der Waals surface area contributed by atoms with Gasteiger partial charge in [-0.05, 0) is 6.07 Å². The summed E-state index contributed by atoms with van der Waals surface area (Å²) in [5.74, 6) is 0. The molecule has 2 aromatic heterocycles. The second-order valence-electron chi connectivity index (χ2n) is 4.84. The number of thiazole rings is 1. The Bertz CT molecular complexity index is 499. The van der Waals surface area contributed by atoms with Gasteiger partial charge in [0.25, 0.3) is 0 Å². The van der Waals surface area contributed by atoms with E-state index in [1.165, 1.54) is 6.33 Å². The summed E-state index contributed by atoms with van der Waals surface area (Å²) in [6, 6.07) is 1.87. The van der Waals surface area contributed by atoms with Crippen LogP contribution in [-0.4, -0.2) is 15.0 Å². The van der Waals surface area contributed by atoms with Gasteiger partial charge in [0.15, 0.2) is 0 Å². The van der Waals surface area contributed by atoms with Crippen LogP contribution in [0.1, 0.15) is 31.3 Å². The third-order valence-corrected chi connectivity index (χ3v) is 3.49. The molecule has 0 bridgehead atoms.